The second kappa shape index (κ2) is 6.37. The third kappa shape index (κ3) is 3.17. The fourth-order valence-corrected chi connectivity index (χ4v) is 3.91. The van der Waals surface area contributed by atoms with Crippen molar-refractivity contribution in [3.8, 4) is 0 Å². The number of aryl methyl sites for hydroxylation is 1. The van der Waals surface area contributed by atoms with Crippen LogP contribution in [0.15, 0.2) is 24.5 Å². The quantitative estimate of drug-likeness (QED) is 0.817. The highest BCUT2D eigenvalue weighted by Crippen LogP contribution is 2.37. The summed E-state index contributed by atoms with van der Waals surface area (Å²) in [6.07, 6.45) is 0.848. The minimum absolute atomic E-state index is 0.0999. The van der Waals surface area contributed by atoms with Crippen molar-refractivity contribution in [3.63, 3.8) is 0 Å². The summed E-state index contributed by atoms with van der Waals surface area (Å²) in [4.78, 5) is 20.5. The van der Waals surface area contributed by atoms with Gasteiger partial charge in [0.05, 0.1) is 6.04 Å². The van der Waals surface area contributed by atoms with Crippen LogP contribution < -0.4 is 9.80 Å². The van der Waals surface area contributed by atoms with Gasteiger partial charge in [0.15, 0.2) is 0 Å². The Labute approximate surface area is 149 Å². The Morgan fingerprint density at radius 2 is 1.81 bits per heavy atom. The Hall–Kier alpha value is -2.45. The van der Waals surface area contributed by atoms with Gasteiger partial charge in [-0.1, -0.05) is 0 Å². The molecule has 2 atom stereocenters. The number of hydrogen-bond donors (Lipinski definition) is 0. The molecule has 2 aliphatic rings. The van der Waals surface area contributed by atoms with Gasteiger partial charge in [-0.15, -0.1) is 0 Å². The van der Waals surface area contributed by atoms with E-state index in [0.717, 1.165) is 25.5 Å². The first-order chi connectivity index (χ1) is 12.4. The van der Waals surface area contributed by atoms with Crippen LogP contribution in [0, 0.1) is 12.8 Å². The molecule has 0 saturated carbocycles. The lowest BCUT2D eigenvalue weighted by molar-refractivity contribution is -0.141. The normalized spacial score (nSPS) is 23.2. The monoisotopic (exact) mass is 364 g/mol. The largest absolute Gasteiger partial charge is 0.433 e. The topological polar surface area (TPSA) is 58.0 Å². The summed E-state index contributed by atoms with van der Waals surface area (Å²) in [5.41, 5.74) is -0.887. The highest BCUT2D eigenvalue weighted by molar-refractivity contribution is 5.45. The molecule has 26 heavy (non-hydrogen) atoms. The highest BCUT2D eigenvalue weighted by Gasteiger charge is 2.41. The zero-order chi connectivity index (χ0) is 18.3. The maximum atomic E-state index is 13.1. The first-order valence-electron chi connectivity index (χ1n) is 8.63. The second-order valence-corrected chi connectivity index (χ2v) is 6.75. The predicted molar refractivity (Wildman–Crippen MR) is 89.9 cm³/mol. The lowest BCUT2D eigenvalue weighted by Gasteiger charge is -2.38. The number of rotatable bonds is 2. The van der Waals surface area contributed by atoms with E-state index in [1.54, 1.807) is 18.5 Å². The number of nitrogens with zero attached hydrogens (tertiary/aromatic N) is 6. The first-order valence-corrected chi connectivity index (χ1v) is 8.63. The molecule has 9 heteroatoms. The maximum absolute atomic E-state index is 13.1. The van der Waals surface area contributed by atoms with Crippen LogP contribution in [-0.4, -0.2) is 45.6 Å². The summed E-state index contributed by atoms with van der Waals surface area (Å²) in [5, 5.41) is 0. The summed E-state index contributed by atoms with van der Waals surface area (Å²) < 4.78 is 39.4. The van der Waals surface area contributed by atoms with Gasteiger partial charge in [-0.2, -0.15) is 13.2 Å². The molecule has 2 aromatic heterocycles. The zero-order valence-corrected chi connectivity index (χ0v) is 14.3. The van der Waals surface area contributed by atoms with Gasteiger partial charge < -0.3 is 9.80 Å². The maximum Gasteiger partial charge on any atom is 0.433 e. The van der Waals surface area contributed by atoms with E-state index in [0.29, 0.717) is 30.8 Å². The van der Waals surface area contributed by atoms with E-state index in [2.05, 4.69) is 24.8 Å². The lowest BCUT2D eigenvalue weighted by atomic mass is 9.92. The predicted octanol–water partition coefficient (Wildman–Crippen LogP) is 2.70. The Morgan fingerprint density at radius 1 is 1.08 bits per heavy atom. The van der Waals surface area contributed by atoms with Gasteiger partial charge in [0, 0.05) is 38.1 Å². The Bertz CT molecular complexity index is 782. The van der Waals surface area contributed by atoms with Gasteiger partial charge in [-0.25, -0.2) is 19.9 Å². The van der Waals surface area contributed by atoms with Crippen LogP contribution in [0.2, 0.25) is 0 Å². The van der Waals surface area contributed by atoms with E-state index in [1.807, 2.05) is 4.90 Å². The third-order valence-electron chi connectivity index (χ3n) is 5.11. The molecule has 0 radical (unpaired) electrons. The molecule has 0 N–H and O–H groups in total. The average molecular weight is 364 g/mol. The van der Waals surface area contributed by atoms with Crippen LogP contribution >= 0.6 is 0 Å². The van der Waals surface area contributed by atoms with E-state index in [9.17, 15) is 13.2 Å². The standard InChI is InChI=1S/C17H19F3N6/c1-11-23-14(17(18,19)20)9-15(24-11)26-8-4-12-3-7-25(10-13(12)26)16-21-5-2-6-22-16/h2,5-6,9,12-13H,3-4,7-8,10H2,1H3. The van der Waals surface area contributed by atoms with E-state index < -0.39 is 11.9 Å². The minimum atomic E-state index is -4.47. The van der Waals surface area contributed by atoms with Gasteiger partial charge in [-0.05, 0) is 31.7 Å². The van der Waals surface area contributed by atoms with Crippen LogP contribution in [0.25, 0.3) is 0 Å². The third-order valence-corrected chi connectivity index (χ3v) is 5.11. The van der Waals surface area contributed by atoms with E-state index >= 15 is 0 Å². The average Bonchev–Trinajstić information content (AvgIpc) is 3.04. The van der Waals surface area contributed by atoms with Gasteiger partial charge in [0.1, 0.15) is 17.3 Å². The fourth-order valence-electron chi connectivity index (χ4n) is 3.91. The molecule has 0 aliphatic carbocycles. The Morgan fingerprint density at radius 3 is 2.54 bits per heavy atom. The van der Waals surface area contributed by atoms with E-state index in [4.69, 9.17) is 0 Å². The smallest absolute Gasteiger partial charge is 0.351 e. The molecule has 2 saturated heterocycles. The van der Waals surface area contributed by atoms with Crippen molar-refractivity contribution in [2.75, 3.05) is 29.4 Å². The molecule has 4 rings (SSSR count). The molecule has 6 nitrogen and oxygen atoms in total. The summed E-state index contributed by atoms with van der Waals surface area (Å²) >= 11 is 0. The Kier molecular flexibility index (Phi) is 4.16. The van der Waals surface area contributed by atoms with Crippen molar-refractivity contribution < 1.29 is 13.2 Å². The number of alkyl halides is 3. The molecule has 0 bridgehead atoms. The molecule has 0 spiro atoms. The number of aromatic nitrogens is 4. The molecular weight excluding hydrogens is 345 g/mol. The molecule has 2 unspecified atom stereocenters. The number of anilines is 2. The number of piperidine rings is 1. The van der Waals surface area contributed by atoms with Crippen LogP contribution in [0.5, 0.6) is 0 Å². The van der Waals surface area contributed by atoms with Crippen molar-refractivity contribution in [2.45, 2.75) is 32.0 Å². The molecule has 2 aromatic rings. The van der Waals surface area contributed by atoms with Crippen molar-refractivity contribution in [1.29, 1.82) is 0 Å². The van der Waals surface area contributed by atoms with E-state index in [-0.39, 0.29) is 11.9 Å². The van der Waals surface area contributed by atoms with Crippen LogP contribution in [0.4, 0.5) is 24.9 Å². The summed E-state index contributed by atoms with van der Waals surface area (Å²) in [6, 6.07) is 2.93. The van der Waals surface area contributed by atoms with Crippen molar-refractivity contribution in [1.82, 2.24) is 19.9 Å². The van der Waals surface area contributed by atoms with Crippen LogP contribution in [0.3, 0.4) is 0 Å². The van der Waals surface area contributed by atoms with E-state index in [1.165, 1.54) is 6.92 Å². The first kappa shape index (κ1) is 17.0. The molecule has 138 valence electrons. The van der Waals surface area contributed by atoms with Gasteiger partial charge in [0.2, 0.25) is 5.95 Å². The van der Waals surface area contributed by atoms with Gasteiger partial charge >= 0.3 is 6.18 Å². The molecule has 2 aliphatic heterocycles. The fraction of sp³-hybridized carbons (Fsp3) is 0.529. The van der Waals surface area contributed by atoms with Crippen molar-refractivity contribution in [3.05, 3.63) is 36.0 Å². The summed E-state index contributed by atoms with van der Waals surface area (Å²) in [6.45, 7) is 3.73. The molecule has 4 heterocycles. The molecule has 0 amide bonds. The summed E-state index contributed by atoms with van der Waals surface area (Å²) in [7, 11) is 0. The molecular formula is C17H19F3N6. The lowest BCUT2D eigenvalue weighted by Crippen LogP contribution is -2.49. The van der Waals surface area contributed by atoms with Gasteiger partial charge in [-0.3, -0.25) is 0 Å². The Balaban J connectivity index is 1.61. The second-order valence-electron chi connectivity index (χ2n) is 6.75. The summed E-state index contributed by atoms with van der Waals surface area (Å²) in [5.74, 6) is 1.60. The van der Waals surface area contributed by atoms with Gasteiger partial charge in [0.25, 0.3) is 0 Å². The van der Waals surface area contributed by atoms with Crippen molar-refractivity contribution >= 4 is 11.8 Å². The minimum Gasteiger partial charge on any atom is -0.351 e. The molecule has 0 aromatic carbocycles. The number of halogens is 3. The van der Waals surface area contributed by atoms with Crippen LogP contribution in [0.1, 0.15) is 24.4 Å². The zero-order valence-electron chi connectivity index (χ0n) is 14.3. The number of hydrogen-bond acceptors (Lipinski definition) is 6. The SMILES string of the molecule is Cc1nc(N2CCC3CCN(c4ncccn4)CC32)cc(C(F)(F)F)n1. The van der Waals surface area contributed by atoms with Crippen LogP contribution in [-0.2, 0) is 6.18 Å². The molecule has 2 fully saturated rings. The van der Waals surface area contributed by atoms with Crippen molar-refractivity contribution in [2.24, 2.45) is 5.92 Å². The number of fused-ring (bicyclic) bond motifs is 1. The highest BCUT2D eigenvalue weighted by atomic mass is 19.4.